The van der Waals surface area contributed by atoms with Gasteiger partial charge in [-0.15, -0.1) is 11.8 Å². The maximum absolute atomic E-state index is 13.9. The summed E-state index contributed by atoms with van der Waals surface area (Å²) in [5.74, 6) is -0.342. The van der Waals surface area contributed by atoms with E-state index in [1.54, 1.807) is 11.8 Å². The second-order valence-corrected chi connectivity index (χ2v) is 5.91. The number of rotatable bonds is 6. The summed E-state index contributed by atoms with van der Waals surface area (Å²) < 4.78 is 27.0. The minimum atomic E-state index is -0.543. The molecule has 0 spiro atoms. The highest BCUT2D eigenvalue weighted by Gasteiger charge is 2.16. The Morgan fingerprint density at radius 2 is 1.90 bits per heavy atom. The Labute approximate surface area is 128 Å². The van der Waals surface area contributed by atoms with E-state index >= 15 is 0 Å². The Kier molecular flexibility index (Phi) is 5.76. The van der Waals surface area contributed by atoms with Gasteiger partial charge >= 0.3 is 0 Å². The fourth-order valence-electron chi connectivity index (χ4n) is 2.18. The molecule has 2 rings (SSSR count). The lowest BCUT2D eigenvalue weighted by molar-refractivity contribution is 0.531. The average molecular weight is 307 g/mol. The Morgan fingerprint density at radius 3 is 2.57 bits per heavy atom. The van der Waals surface area contributed by atoms with Crippen LogP contribution in [-0.4, -0.2) is 12.3 Å². The van der Waals surface area contributed by atoms with Gasteiger partial charge in [0.1, 0.15) is 11.6 Å². The van der Waals surface area contributed by atoms with Gasteiger partial charge in [-0.25, -0.2) is 8.78 Å². The molecule has 1 N–H and O–H groups in total. The molecule has 0 aliphatic carbocycles. The highest BCUT2D eigenvalue weighted by molar-refractivity contribution is 7.99. The number of benzene rings is 2. The van der Waals surface area contributed by atoms with Crippen molar-refractivity contribution in [2.75, 3.05) is 12.3 Å². The van der Waals surface area contributed by atoms with Crippen LogP contribution >= 0.6 is 11.8 Å². The lowest BCUT2D eigenvalue weighted by Crippen LogP contribution is -2.24. The number of hydrogen-bond donors (Lipinski definition) is 1. The third-order valence-electron chi connectivity index (χ3n) is 3.29. The van der Waals surface area contributed by atoms with Crippen LogP contribution in [0.25, 0.3) is 0 Å². The molecular weight excluding hydrogens is 288 g/mol. The first-order valence-corrected chi connectivity index (χ1v) is 7.97. The molecule has 0 aliphatic rings. The number of aryl methyl sites for hydroxylation is 1. The average Bonchev–Trinajstić information content (AvgIpc) is 2.45. The van der Waals surface area contributed by atoms with Crippen molar-refractivity contribution in [3.05, 3.63) is 65.2 Å². The second kappa shape index (κ2) is 7.57. The maximum atomic E-state index is 13.9. The monoisotopic (exact) mass is 307 g/mol. The number of thioether (sulfide) groups is 1. The number of halogens is 2. The molecule has 1 nitrogen and oxygen atoms in total. The second-order valence-electron chi connectivity index (χ2n) is 4.85. The molecule has 0 bridgehead atoms. The van der Waals surface area contributed by atoms with Crippen LogP contribution < -0.4 is 5.32 Å². The molecule has 0 radical (unpaired) electrons. The predicted molar refractivity (Wildman–Crippen MR) is 84.7 cm³/mol. The lowest BCUT2D eigenvalue weighted by Gasteiger charge is -2.19. The van der Waals surface area contributed by atoms with Crippen molar-refractivity contribution in [1.29, 1.82) is 0 Å². The van der Waals surface area contributed by atoms with Crippen molar-refractivity contribution in [3.8, 4) is 0 Å². The molecule has 0 aliphatic heterocycles. The van der Waals surface area contributed by atoms with Gasteiger partial charge in [0.25, 0.3) is 0 Å². The SMILES string of the molecule is CCNC(CSc1ccccc1C)c1ccc(F)cc1F. The predicted octanol–water partition coefficient (Wildman–Crippen LogP) is 4.72. The molecule has 1 unspecified atom stereocenters. The van der Waals surface area contributed by atoms with E-state index in [9.17, 15) is 8.78 Å². The molecule has 112 valence electrons. The van der Waals surface area contributed by atoms with Crippen LogP contribution in [0.5, 0.6) is 0 Å². The summed E-state index contributed by atoms with van der Waals surface area (Å²) >= 11 is 1.68. The summed E-state index contributed by atoms with van der Waals surface area (Å²) in [6.07, 6.45) is 0. The van der Waals surface area contributed by atoms with Gasteiger partial charge in [0.2, 0.25) is 0 Å². The fourth-order valence-corrected chi connectivity index (χ4v) is 3.29. The molecule has 0 saturated carbocycles. The first kappa shape index (κ1) is 16.0. The molecule has 2 aromatic rings. The lowest BCUT2D eigenvalue weighted by atomic mass is 10.1. The van der Waals surface area contributed by atoms with Crippen LogP contribution in [0.4, 0.5) is 8.78 Å². The minimum absolute atomic E-state index is 0.139. The summed E-state index contributed by atoms with van der Waals surface area (Å²) in [4.78, 5) is 1.18. The Bertz CT molecular complexity index is 601. The van der Waals surface area contributed by atoms with Gasteiger partial charge < -0.3 is 5.32 Å². The van der Waals surface area contributed by atoms with Gasteiger partial charge in [-0.3, -0.25) is 0 Å². The molecule has 0 fully saturated rings. The Hall–Kier alpha value is -1.39. The smallest absolute Gasteiger partial charge is 0.130 e. The summed E-state index contributed by atoms with van der Waals surface area (Å²) in [7, 11) is 0. The Balaban J connectivity index is 2.14. The molecule has 1 atom stereocenters. The molecule has 0 amide bonds. The zero-order valence-corrected chi connectivity index (χ0v) is 13.0. The van der Waals surface area contributed by atoms with E-state index in [-0.39, 0.29) is 6.04 Å². The van der Waals surface area contributed by atoms with Gasteiger partial charge in [-0.05, 0) is 31.2 Å². The first-order chi connectivity index (χ1) is 10.1. The first-order valence-electron chi connectivity index (χ1n) is 6.98. The van der Waals surface area contributed by atoms with Gasteiger partial charge in [-0.1, -0.05) is 31.2 Å². The zero-order valence-electron chi connectivity index (χ0n) is 12.2. The molecule has 0 heterocycles. The van der Waals surface area contributed by atoms with Gasteiger partial charge in [0.05, 0.1) is 0 Å². The molecule has 0 saturated heterocycles. The molecular formula is C17H19F2NS. The van der Waals surface area contributed by atoms with Crippen LogP contribution in [-0.2, 0) is 0 Å². The summed E-state index contributed by atoms with van der Waals surface area (Å²) in [5.41, 5.74) is 1.72. The van der Waals surface area contributed by atoms with Gasteiger partial charge in [0, 0.05) is 28.3 Å². The van der Waals surface area contributed by atoms with Crippen molar-refractivity contribution >= 4 is 11.8 Å². The third-order valence-corrected chi connectivity index (χ3v) is 4.56. The summed E-state index contributed by atoms with van der Waals surface area (Å²) in [6, 6.07) is 11.7. The maximum Gasteiger partial charge on any atom is 0.130 e. The van der Waals surface area contributed by atoms with Crippen LogP contribution in [0, 0.1) is 18.6 Å². The molecule has 2 aromatic carbocycles. The fraction of sp³-hybridized carbons (Fsp3) is 0.294. The number of nitrogens with one attached hydrogen (secondary N) is 1. The van der Waals surface area contributed by atoms with E-state index < -0.39 is 11.6 Å². The van der Waals surface area contributed by atoms with E-state index in [1.807, 2.05) is 19.1 Å². The molecule has 21 heavy (non-hydrogen) atoms. The van der Waals surface area contributed by atoms with Crippen molar-refractivity contribution in [2.24, 2.45) is 0 Å². The number of hydrogen-bond acceptors (Lipinski definition) is 2. The van der Waals surface area contributed by atoms with Crippen molar-refractivity contribution in [3.63, 3.8) is 0 Å². The highest BCUT2D eigenvalue weighted by atomic mass is 32.2. The largest absolute Gasteiger partial charge is 0.309 e. The standard InChI is InChI=1S/C17H19F2NS/c1-3-20-16(14-9-8-13(18)10-15(14)19)11-21-17-7-5-4-6-12(17)2/h4-10,16,20H,3,11H2,1-2H3. The normalized spacial score (nSPS) is 12.4. The minimum Gasteiger partial charge on any atom is -0.309 e. The van der Waals surface area contributed by atoms with Gasteiger partial charge in [-0.2, -0.15) is 0 Å². The zero-order chi connectivity index (χ0) is 15.2. The Morgan fingerprint density at radius 1 is 1.14 bits per heavy atom. The van der Waals surface area contributed by atoms with E-state index in [1.165, 1.54) is 22.6 Å². The van der Waals surface area contributed by atoms with E-state index in [4.69, 9.17) is 0 Å². The summed E-state index contributed by atoms with van der Waals surface area (Å²) in [5, 5.41) is 3.27. The van der Waals surface area contributed by atoms with Gasteiger partial charge in [0.15, 0.2) is 0 Å². The van der Waals surface area contributed by atoms with Crippen LogP contribution in [0.1, 0.15) is 24.1 Å². The van der Waals surface area contributed by atoms with Crippen molar-refractivity contribution in [1.82, 2.24) is 5.32 Å². The van der Waals surface area contributed by atoms with Crippen LogP contribution in [0.15, 0.2) is 47.4 Å². The third kappa shape index (κ3) is 4.29. The topological polar surface area (TPSA) is 12.0 Å². The van der Waals surface area contributed by atoms with Crippen molar-refractivity contribution < 1.29 is 8.78 Å². The van der Waals surface area contributed by atoms with Crippen LogP contribution in [0.2, 0.25) is 0 Å². The van der Waals surface area contributed by atoms with E-state index in [0.29, 0.717) is 11.3 Å². The quantitative estimate of drug-likeness (QED) is 0.775. The molecule has 0 aromatic heterocycles. The van der Waals surface area contributed by atoms with E-state index in [2.05, 4.69) is 24.4 Å². The van der Waals surface area contributed by atoms with E-state index in [0.717, 1.165) is 12.6 Å². The van der Waals surface area contributed by atoms with Crippen molar-refractivity contribution in [2.45, 2.75) is 24.8 Å². The molecule has 4 heteroatoms. The highest BCUT2D eigenvalue weighted by Crippen LogP contribution is 2.28. The summed E-state index contributed by atoms with van der Waals surface area (Å²) in [6.45, 7) is 4.77. The van der Waals surface area contributed by atoms with Crippen LogP contribution in [0.3, 0.4) is 0 Å².